The van der Waals surface area contributed by atoms with Crippen molar-refractivity contribution >= 4 is 35.0 Å². The van der Waals surface area contributed by atoms with Crippen LogP contribution in [0.4, 0.5) is 8.78 Å². The maximum absolute atomic E-state index is 12.0. The molecule has 0 aromatic rings. The van der Waals surface area contributed by atoms with Gasteiger partial charge in [-0.15, -0.1) is 0 Å². The van der Waals surface area contributed by atoms with Crippen molar-refractivity contribution in [3.8, 4) is 0 Å². The Labute approximate surface area is 60.5 Å². The van der Waals surface area contributed by atoms with Gasteiger partial charge in [0.2, 0.25) is 0 Å². The zero-order valence-corrected chi connectivity index (χ0v) is 6.33. The predicted molar refractivity (Wildman–Crippen MR) is 34.0 cm³/mol. The molecule has 0 spiro atoms. The van der Waals surface area contributed by atoms with E-state index in [0.717, 1.165) is 0 Å². The van der Waals surface area contributed by atoms with E-state index in [1.807, 2.05) is 0 Å². The van der Waals surface area contributed by atoms with Gasteiger partial charge in [0, 0.05) is 0 Å². The smallest absolute Gasteiger partial charge is 0.191 e. The summed E-state index contributed by atoms with van der Waals surface area (Å²) in [5, 5.41) is -3.01. The van der Waals surface area contributed by atoms with Crippen molar-refractivity contribution in [2.24, 2.45) is 0 Å². The molecule has 0 heterocycles. The van der Waals surface area contributed by atoms with Gasteiger partial charge in [0.25, 0.3) is 0 Å². The van der Waals surface area contributed by atoms with Crippen molar-refractivity contribution in [1.82, 2.24) is 0 Å². The summed E-state index contributed by atoms with van der Waals surface area (Å²) in [5.74, 6) is 0. The maximum Gasteiger partial charge on any atom is 0.323 e. The van der Waals surface area contributed by atoms with Crippen LogP contribution in [0.3, 0.4) is 0 Å². The minimum absolute atomic E-state index is 0.338. The Morgan fingerprint density at radius 1 is 1.50 bits per heavy atom. The molecule has 0 aliphatic carbocycles. The fourth-order valence-electron chi connectivity index (χ4n) is 0.0891. The maximum atomic E-state index is 12.0. The van der Waals surface area contributed by atoms with Gasteiger partial charge < -0.3 is 0 Å². The predicted octanol–water partition coefficient (Wildman–Crippen LogP) is 2.75. The molecule has 0 N–H and O–H groups in total. The Morgan fingerprint density at radius 3 is 1.88 bits per heavy atom. The second kappa shape index (κ2) is 3.08. The van der Waals surface area contributed by atoms with Crippen LogP contribution in [0, 0.1) is 0 Å². The van der Waals surface area contributed by atoms with E-state index in [2.05, 4.69) is 0 Å². The number of thioether (sulfide) groups is 1. The summed E-state index contributed by atoms with van der Waals surface area (Å²) in [5.41, 5.74) is 0. The highest BCUT2D eigenvalue weighted by Gasteiger charge is 2.35. The van der Waals surface area contributed by atoms with Crippen molar-refractivity contribution in [3.63, 3.8) is 0 Å². The van der Waals surface area contributed by atoms with Crippen LogP contribution in [0.25, 0.3) is 0 Å². The molecule has 0 saturated carbocycles. The first-order chi connectivity index (χ1) is 3.50. The van der Waals surface area contributed by atoms with E-state index in [9.17, 15) is 8.78 Å². The number of halogens is 4. The summed E-state index contributed by atoms with van der Waals surface area (Å²) in [6.07, 6.45) is 1.25. The first-order valence-corrected chi connectivity index (χ1v) is 3.81. The minimum atomic E-state index is -3.01. The molecule has 0 rings (SSSR count). The van der Waals surface area contributed by atoms with Gasteiger partial charge in [-0.25, -0.2) is 0 Å². The molecule has 0 nitrogen and oxygen atoms in total. The molecule has 50 valence electrons. The van der Waals surface area contributed by atoms with Crippen molar-refractivity contribution in [2.45, 2.75) is 10.1 Å². The van der Waals surface area contributed by atoms with Crippen LogP contribution in [-0.4, -0.2) is 16.3 Å². The second-order valence-electron chi connectivity index (χ2n) is 1.07. The van der Waals surface area contributed by atoms with E-state index in [4.69, 9.17) is 23.2 Å². The van der Waals surface area contributed by atoms with Crippen LogP contribution in [0.2, 0.25) is 0 Å². The van der Waals surface area contributed by atoms with Gasteiger partial charge in [0.05, 0.1) is 0 Å². The topological polar surface area (TPSA) is 0 Å². The lowest BCUT2D eigenvalue weighted by atomic mass is 10.8. The first-order valence-electron chi connectivity index (χ1n) is 1.72. The van der Waals surface area contributed by atoms with E-state index in [0.29, 0.717) is 11.8 Å². The number of rotatable bonds is 2. The normalized spacial score (nSPS) is 12.8. The third-order valence-electron chi connectivity index (χ3n) is 0.526. The van der Waals surface area contributed by atoms with E-state index in [-0.39, 0.29) is 0 Å². The SMILES string of the molecule is CSC(F)(F)C(Cl)Cl. The summed E-state index contributed by atoms with van der Waals surface area (Å²) < 4.78 is 23.9. The van der Waals surface area contributed by atoms with Crippen LogP contribution < -0.4 is 0 Å². The van der Waals surface area contributed by atoms with Gasteiger partial charge in [0.15, 0.2) is 4.84 Å². The summed E-state index contributed by atoms with van der Waals surface area (Å²) in [6.45, 7) is 0. The van der Waals surface area contributed by atoms with Crippen LogP contribution >= 0.6 is 35.0 Å². The summed E-state index contributed by atoms with van der Waals surface area (Å²) in [6, 6.07) is 0. The highest BCUT2D eigenvalue weighted by atomic mass is 35.5. The molecule has 0 aromatic carbocycles. The van der Waals surface area contributed by atoms with Crippen molar-refractivity contribution in [2.75, 3.05) is 6.26 Å². The fourth-order valence-corrected chi connectivity index (χ4v) is 0.802. The Morgan fingerprint density at radius 2 is 1.88 bits per heavy atom. The minimum Gasteiger partial charge on any atom is -0.191 e. The molecule has 0 aliphatic rings. The van der Waals surface area contributed by atoms with Gasteiger partial charge in [0.1, 0.15) is 0 Å². The fraction of sp³-hybridized carbons (Fsp3) is 1.00. The Kier molecular flexibility index (Phi) is 3.39. The van der Waals surface area contributed by atoms with E-state index < -0.39 is 10.1 Å². The molecule has 0 saturated heterocycles. The number of hydrogen-bond donors (Lipinski definition) is 0. The number of alkyl halides is 4. The van der Waals surface area contributed by atoms with Crippen LogP contribution in [0.1, 0.15) is 0 Å². The van der Waals surface area contributed by atoms with Crippen LogP contribution in [0.5, 0.6) is 0 Å². The molecule has 0 aliphatic heterocycles. The molecule has 0 amide bonds. The van der Waals surface area contributed by atoms with Gasteiger partial charge in [-0.1, -0.05) is 35.0 Å². The van der Waals surface area contributed by atoms with Gasteiger partial charge >= 0.3 is 5.25 Å². The quantitative estimate of drug-likeness (QED) is 0.590. The Bertz CT molecular complexity index is 75.7. The average molecular weight is 181 g/mol. The van der Waals surface area contributed by atoms with Gasteiger partial charge in [-0.2, -0.15) is 8.78 Å². The largest absolute Gasteiger partial charge is 0.323 e. The van der Waals surface area contributed by atoms with Crippen LogP contribution in [0.15, 0.2) is 0 Å². The molecular formula is C3H4Cl2F2S. The molecule has 0 radical (unpaired) electrons. The molecule has 0 aromatic heterocycles. The summed E-state index contributed by atoms with van der Waals surface area (Å²) >= 11 is 10.1. The Hall–Kier alpha value is 0.790. The summed E-state index contributed by atoms with van der Waals surface area (Å²) in [4.78, 5) is -1.61. The molecule has 5 heteroatoms. The highest BCUT2D eigenvalue weighted by Crippen LogP contribution is 2.35. The molecule has 0 bridgehead atoms. The molecule has 0 atom stereocenters. The lowest BCUT2D eigenvalue weighted by Crippen LogP contribution is -2.18. The second-order valence-corrected chi connectivity index (χ2v) is 3.12. The monoisotopic (exact) mass is 180 g/mol. The lowest BCUT2D eigenvalue weighted by Gasteiger charge is -2.12. The third kappa shape index (κ3) is 2.37. The third-order valence-corrected chi connectivity index (χ3v) is 2.11. The standard InChI is InChI=1S/C3H4Cl2F2S/c1-8-3(6,7)2(4)5/h2H,1H3. The van der Waals surface area contributed by atoms with Crippen molar-refractivity contribution in [1.29, 1.82) is 0 Å². The zero-order chi connectivity index (χ0) is 6.78. The van der Waals surface area contributed by atoms with Crippen molar-refractivity contribution in [3.05, 3.63) is 0 Å². The van der Waals surface area contributed by atoms with Crippen LogP contribution in [-0.2, 0) is 0 Å². The molecular weight excluding hydrogens is 177 g/mol. The van der Waals surface area contributed by atoms with Gasteiger partial charge in [-0.05, 0) is 6.26 Å². The Balaban J connectivity index is 3.71. The summed E-state index contributed by atoms with van der Waals surface area (Å²) in [7, 11) is 0. The average Bonchev–Trinajstić information content (AvgIpc) is 1.67. The number of hydrogen-bond acceptors (Lipinski definition) is 1. The lowest BCUT2D eigenvalue weighted by molar-refractivity contribution is 0.122. The first kappa shape index (κ1) is 8.79. The molecule has 0 fully saturated rings. The zero-order valence-electron chi connectivity index (χ0n) is 4.00. The highest BCUT2D eigenvalue weighted by molar-refractivity contribution is 7.99. The van der Waals surface area contributed by atoms with Crippen molar-refractivity contribution < 1.29 is 8.78 Å². The molecule has 0 unspecified atom stereocenters. The van der Waals surface area contributed by atoms with E-state index >= 15 is 0 Å². The van der Waals surface area contributed by atoms with E-state index in [1.54, 1.807) is 0 Å². The van der Waals surface area contributed by atoms with E-state index in [1.165, 1.54) is 6.26 Å². The van der Waals surface area contributed by atoms with Gasteiger partial charge in [-0.3, -0.25) is 0 Å². The molecule has 8 heavy (non-hydrogen) atoms.